The average Bonchev–Trinajstić information content (AvgIpc) is 2.39. The number of carbonyl (C=O) groups excluding carboxylic acids is 1. The van der Waals surface area contributed by atoms with E-state index in [4.69, 9.17) is 0 Å². The smallest absolute Gasteiger partial charge is 0.305 e. The normalized spacial score (nSPS) is 9.50. The Morgan fingerprint density at radius 2 is 1.23 bits per heavy atom. The maximum Gasteiger partial charge on any atom is 0.305 e. The van der Waals surface area contributed by atoms with Crippen LogP contribution in [0.5, 0.6) is 0 Å². The molecule has 2 aromatic rings. The molecule has 2 aromatic carbocycles. The third-order valence-corrected chi connectivity index (χ3v) is 2.41. The van der Waals surface area contributed by atoms with Crippen LogP contribution in [-0.4, -0.2) is 5.97 Å². The van der Waals surface area contributed by atoms with E-state index in [1.54, 1.807) is 0 Å². The highest BCUT2D eigenvalue weighted by Crippen LogP contribution is 2.23. The zero-order valence-electron chi connectivity index (χ0n) is 12.2. The summed E-state index contributed by atoms with van der Waals surface area (Å²) in [5.41, 5.74) is 9.58. The van der Waals surface area contributed by atoms with Gasteiger partial charge in [0.1, 0.15) is 19.2 Å². The molecule has 7 nitrogen and oxygen atoms in total. The molecular formula is C14H19N2O5P. The van der Waals surface area contributed by atoms with Gasteiger partial charge in [0.25, 0.3) is 0 Å². The standard InChI is InChI=1S/2C6H7N.C2H5O5P/c2*7-6-4-2-1-3-5-6;1-2(3)7-8(4,5)6/h2*1-5H,7H2;1H3,(H2,4,5,6). The van der Waals surface area contributed by atoms with E-state index in [-0.39, 0.29) is 0 Å². The van der Waals surface area contributed by atoms with Crippen molar-refractivity contribution < 1.29 is 35.1 Å². The molecule has 0 saturated carbocycles. The van der Waals surface area contributed by atoms with Crippen molar-refractivity contribution in [1.29, 1.82) is 0 Å². The first-order valence-electron chi connectivity index (χ1n) is 6.17. The molecule has 0 heterocycles. The summed E-state index contributed by atoms with van der Waals surface area (Å²) < 4.78 is 12.7. The molecule has 0 aromatic heterocycles. The van der Waals surface area contributed by atoms with Gasteiger partial charge >= 0.3 is 5.97 Å². The topological polar surface area (TPSA) is 145 Å². The van der Waals surface area contributed by atoms with Gasteiger partial charge in [0.05, 0.1) is 0 Å². The number of benzene rings is 2. The Bertz CT molecular complexity index is 549. The van der Waals surface area contributed by atoms with Crippen LogP contribution in [0.2, 0.25) is 0 Å². The highest BCUT2D eigenvalue weighted by molar-refractivity contribution is 7.43. The largest absolute Gasteiger partial charge is 0.780 e. The molecule has 0 bridgehead atoms. The second-order valence-corrected chi connectivity index (χ2v) is 5.08. The zero-order valence-corrected chi connectivity index (χ0v) is 13.1. The molecule has 0 unspecified atom stereocenters. The van der Waals surface area contributed by atoms with E-state index in [0.717, 1.165) is 18.3 Å². The molecule has 2 rings (SSSR count). The van der Waals surface area contributed by atoms with Gasteiger partial charge in [-0.15, -0.1) is 0 Å². The summed E-state index contributed by atoms with van der Waals surface area (Å²) in [5, 5.41) is 0. The van der Waals surface area contributed by atoms with Crippen LogP contribution < -0.4 is 21.3 Å². The zero-order chi connectivity index (χ0) is 17.0. The number of hydrogen-bond donors (Lipinski definition) is 2. The quantitative estimate of drug-likeness (QED) is 0.678. The molecule has 0 amide bonds. The second-order valence-electron chi connectivity index (χ2n) is 4.00. The molecule has 0 radical (unpaired) electrons. The fourth-order valence-corrected chi connectivity index (χ4v) is 1.43. The first kappa shape index (κ1) is 20.0. The predicted molar refractivity (Wildman–Crippen MR) is 77.4 cm³/mol. The van der Waals surface area contributed by atoms with Gasteiger partial charge in [0.15, 0.2) is 0 Å². The van der Waals surface area contributed by atoms with Crippen LogP contribution in [0, 0.1) is 0 Å². The fourth-order valence-electron chi connectivity index (χ4n) is 1.11. The van der Waals surface area contributed by atoms with Crippen LogP contribution >= 0.6 is 7.82 Å². The van der Waals surface area contributed by atoms with Gasteiger partial charge in [0, 0.05) is 6.92 Å². The molecule has 120 valence electrons. The number of carbonyl (C=O) groups is 1. The summed E-state index contributed by atoms with van der Waals surface area (Å²) in [5.74, 6) is -1.11. The van der Waals surface area contributed by atoms with Gasteiger partial charge in [-0.05, 0) is 24.3 Å². The maximum absolute atomic E-state index is 9.66. The van der Waals surface area contributed by atoms with Crippen LogP contribution in [0.4, 0.5) is 11.4 Å². The minimum absolute atomic E-state index is 0.836. The van der Waals surface area contributed by atoms with Crippen molar-refractivity contribution in [3.05, 3.63) is 60.7 Å². The van der Waals surface area contributed by atoms with E-state index < -0.39 is 13.8 Å². The summed E-state index contributed by atoms with van der Waals surface area (Å²) in [6, 6.07) is 19.7. The second kappa shape index (κ2) is 10.7. The summed E-state index contributed by atoms with van der Waals surface area (Å²) in [6.45, 7) is 0.836. The van der Waals surface area contributed by atoms with Gasteiger partial charge < -0.3 is 30.3 Å². The first-order chi connectivity index (χ1) is 10.2. The van der Waals surface area contributed by atoms with Crippen molar-refractivity contribution in [1.82, 2.24) is 0 Å². The molecule has 0 saturated heterocycles. The molecule has 0 fully saturated rings. The maximum atomic E-state index is 9.66. The van der Waals surface area contributed by atoms with E-state index >= 15 is 0 Å². The van der Waals surface area contributed by atoms with E-state index in [1.807, 2.05) is 60.7 Å². The molecule has 0 spiro atoms. The number of phosphoric ester groups is 1. The monoisotopic (exact) mass is 326 g/mol. The van der Waals surface area contributed by atoms with Crippen LogP contribution in [0.25, 0.3) is 0 Å². The van der Waals surface area contributed by atoms with Crippen LogP contribution in [0.1, 0.15) is 6.92 Å². The molecular weight excluding hydrogens is 307 g/mol. The summed E-state index contributed by atoms with van der Waals surface area (Å²) in [7, 11) is -5.07. The average molecular weight is 326 g/mol. The van der Waals surface area contributed by atoms with Gasteiger partial charge in [-0.25, -0.2) is 0 Å². The fraction of sp³-hybridized carbons (Fsp3) is 0.0714. The van der Waals surface area contributed by atoms with Crippen molar-refractivity contribution in [2.45, 2.75) is 6.92 Å². The summed E-state index contributed by atoms with van der Waals surface area (Å²) >= 11 is 0. The molecule has 6 N–H and O–H groups in total. The van der Waals surface area contributed by atoms with Crippen molar-refractivity contribution in [2.75, 3.05) is 0 Å². The number of phosphoric acid groups is 1. The lowest BCUT2D eigenvalue weighted by molar-refractivity contribution is -0.337. The van der Waals surface area contributed by atoms with Crippen molar-refractivity contribution >= 4 is 25.2 Å². The van der Waals surface area contributed by atoms with Crippen molar-refractivity contribution in [2.24, 2.45) is 0 Å². The van der Waals surface area contributed by atoms with Crippen molar-refractivity contribution in [3.8, 4) is 0 Å². The Morgan fingerprint density at radius 1 is 0.909 bits per heavy atom. The highest BCUT2D eigenvalue weighted by Gasteiger charge is 1.93. The Hall–Kier alpha value is -2.02. The molecule has 0 aliphatic rings. The van der Waals surface area contributed by atoms with E-state index in [0.29, 0.717) is 0 Å². The van der Waals surface area contributed by atoms with E-state index in [2.05, 4.69) is 16.0 Å². The molecule has 0 aliphatic heterocycles. The lowest BCUT2D eigenvalue weighted by Gasteiger charge is -2.26. The van der Waals surface area contributed by atoms with Gasteiger partial charge in [-0.3, -0.25) is 4.79 Å². The molecule has 22 heavy (non-hydrogen) atoms. The number of quaternary nitrogens is 2. The van der Waals surface area contributed by atoms with Crippen LogP contribution in [0.3, 0.4) is 0 Å². The van der Waals surface area contributed by atoms with Gasteiger partial charge in [0.2, 0.25) is 0 Å². The Kier molecular flexibility index (Phi) is 9.69. The first-order valence-corrected chi connectivity index (χ1v) is 7.63. The molecule has 0 aliphatic carbocycles. The van der Waals surface area contributed by atoms with E-state index in [9.17, 15) is 19.1 Å². The third kappa shape index (κ3) is 14.4. The number of rotatable bonds is 1. The van der Waals surface area contributed by atoms with Gasteiger partial charge in [-0.1, -0.05) is 36.4 Å². The minimum Gasteiger partial charge on any atom is -0.780 e. The highest BCUT2D eigenvalue weighted by atomic mass is 31.2. The Labute approximate surface area is 128 Å². The SMILES string of the molecule is CC(=O)OP(=O)([O-])[O-].[NH3+]c1ccccc1.[NH3+]c1ccccc1. The molecule has 0 atom stereocenters. The third-order valence-electron chi connectivity index (χ3n) is 1.93. The minimum atomic E-state index is -5.07. The van der Waals surface area contributed by atoms with Crippen LogP contribution in [-0.2, 0) is 13.9 Å². The number of hydrogen-bond acceptors (Lipinski definition) is 5. The predicted octanol–water partition coefficient (Wildman–Crippen LogP) is -0.502. The van der Waals surface area contributed by atoms with Gasteiger partial charge in [-0.2, -0.15) is 0 Å². The molecule has 8 heteroatoms. The van der Waals surface area contributed by atoms with Crippen molar-refractivity contribution in [3.63, 3.8) is 0 Å². The lowest BCUT2D eigenvalue weighted by atomic mass is 10.3. The summed E-state index contributed by atoms with van der Waals surface area (Å²) in [4.78, 5) is 28.6. The summed E-state index contributed by atoms with van der Waals surface area (Å²) in [6.07, 6.45) is 0. The van der Waals surface area contributed by atoms with Crippen LogP contribution in [0.15, 0.2) is 60.7 Å². The Balaban J connectivity index is 0.000000301. The lowest BCUT2D eigenvalue weighted by Crippen LogP contribution is -2.39. The Morgan fingerprint density at radius 3 is 1.32 bits per heavy atom. The van der Waals surface area contributed by atoms with E-state index in [1.165, 1.54) is 0 Å².